The van der Waals surface area contributed by atoms with E-state index < -0.39 is 40.5 Å². The number of fused-ring (bicyclic) bond motifs is 1. The predicted octanol–water partition coefficient (Wildman–Crippen LogP) is 2.41. The van der Waals surface area contributed by atoms with E-state index in [-0.39, 0.29) is 18.1 Å². The van der Waals surface area contributed by atoms with Gasteiger partial charge in [-0.1, -0.05) is 11.6 Å². The van der Waals surface area contributed by atoms with Crippen LogP contribution in [0.1, 0.15) is 0 Å². The van der Waals surface area contributed by atoms with Crippen LogP contribution in [0, 0.1) is 0 Å². The molecule has 0 aromatic heterocycles. The number of carbonyl (C=O) groups is 1. The van der Waals surface area contributed by atoms with Crippen molar-refractivity contribution in [2.45, 2.75) is 29.2 Å². The van der Waals surface area contributed by atoms with Crippen molar-refractivity contribution in [2.24, 2.45) is 0 Å². The second kappa shape index (κ2) is 9.01. The van der Waals surface area contributed by atoms with Gasteiger partial charge in [0, 0.05) is 10.7 Å². The zero-order valence-electron chi connectivity index (χ0n) is 16.5. The fraction of sp³-hybridized carbons (Fsp3) is 0.350. The second-order valence-electron chi connectivity index (χ2n) is 7.07. The van der Waals surface area contributed by atoms with Crippen molar-refractivity contribution in [2.75, 3.05) is 25.6 Å². The average molecular weight is 469 g/mol. The number of anilines is 1. The minimum Gasteiger partial charge on any atom is -0.497 e. The van der Waals surface area contributed by atoms with Gasteiger partial charge in [0.25, 0.3) is 0 Å². The number of rotatable bonds is 6. The van der Waals surface area contributed by atoms with E-state index in [4.69, 9.17) is 30.5 Å². The van der Waals surface area contributed by atoms with Gasteiger partial charge in [-0.15, -0.1) is 0 Å². The van der Waals surface area contributed by atoms with E-state index >= 15 is 0 Å². The SMILES string of the molecule is COc1ccc(NC(=O)O[C@@H]2CO[C@H]3[C@@H]2OC[C@@H]3NS(=O)(=O)c2ccc(Cl)cc2)cc1. The van der Waals surface area contributed by atoms with Crippen LogP contribution >= 0.6 is 11.6 Å². The number of carbonyl (C=O) groups excluding carboxylic acids is 1. The highest BCUT2D eigenvalue weighted by atomic mass is 35.5. The number of benzene rings is 2. The standard InChI is InChI=1S/C20H21ClN2O7S/c1-27-14-6-4-13(5-7-14)22-20(24)30-17-11-29-18-16(10-28-19(17)18)23-31(25,26)15-8-2-12(21)3-9-15/h2-9,16-19,23H,10-11H2,1H3,(H,22,24)/t16-,17+,18+,19+/m0/s1. The van der Waals surface area contributed by atoms with Crippen molar-refractivity contribution in [3.05, 3.63) is 53.6 Å². The lowest BCUT2D eigenvalue weighted by molar-refractivity contribution is 0.00883. The third-order valence-corrected chi connectivity index (χ3v) is 6.79. The number of amides is 1. The fourth-order valence-electron chi connectivity index (χ4n) is 3.51. The molecule has 0 unspecified atom stereocenters. The first kappa shape index (κ1) is 21.8. The first-order valence-electron chi connectivity index (χ1n) is 9.48. The largest absolute Gasteiger partial charge is 0.497 e. The molecule has 2 fully saturated rings. The highest BCUT2D eigenvalue weighted by molar-refractivity contribution is 7.89. The molecular weight excluding hydrogens is 448 g/mol. The monoisotopic (exact) mass is 468 g/mol. The molecule has 0 bridgehead atoms. The molecule has 4 rings (SSSR count). The van der Waals surface area contributed by atoms with Crippen LogP contribution in [-0.4, -0.2) is 59.2 Å². The Morgan fingerprint density at radius 2 is 1.71 bits per heavy atom. The van der Waals surface area contributed by atoms with Crippen molar-refractivity contribution in [3.8, 4) is 5.75 Å². The molecule has 166 valence electrons. The maximum atomic E-state index is 12.6. The Hall–Kier alpha value is -2.37. The third-order valence-electron chi connectivity index (χ3n) is 5.03. The quantitative estimate of drug-likeness (QED) is 0.669. The summed E-state index contributed by atoms with van der Waals surface area (Å²) in [6.07, 6.45) is -2.46. The number of halogens is 1. The van der Waals surface area contributed by atoms with E-state index in [1.165, 1.54) is 24.3 Å². The summed E-state index contributed by atoms with van der Waals surface area (Å²) in [7, 11) is -2.23. The maximum Gasteiger partial charge on any atom is 0.412 e. The Morgan fingerprint density at radius 1 is 1.03 bits per heavy atom. The molecule has 2 saturated heterocycles. The summed E-state index contributed by atoms with van der Waals surface area (Å²) in [6, 6.07) is 12.0. The summed E-state index contributed by atoms with van der Waals surface area (Å²) in [5, 5.41) is 3.07. The van der Waals surface area contributed by atoms with E-state index in [1.54, 1.807) is 31.4 Å². The van der Waals surface area contributed by atoms with Gasteiger partial charge in [0.05, 0.1) is 31.3 Å². The number of sulfonamides is 1. The molecule has 2 N–H and O–H groups in total. The van der Waals surface area contributed by atoms with Crippen molar-refractivity contribution >= 4 is 33.4 Å². The second-order valence-corrected chi connectivity index (χ2v) is 9.23. The van der Waals surface area contributed by atoms with Crippen LogP contribution in [0.3, 0.4) is 0 Å². The average Bonchev–Trinajstić information content (AvgIpc) is 3.32. The lowest BCUT2D eigenvalue weighted by Crippen LogP contribution is -2.44. The van der Waals surface area contributed by atoms with Gasteiger partial charge in [0.15, 0.2) is 6.10 Å². The van der Waals surface area contributed by atoms with E-state index in [0.29, 0.717) is 16.5 Å². The summed E-state index contributed by atoms with van der Waals surface area (Å²) >= 11 is 5.82. The molecule has 2 aliphatic heterocycles. The van der Waals surface area contributed by atoms with E-state index in [9.17, 15) is 13.2 Å². The molecule has 0 spiro atoms. The Balaban J connectivity index is 1.34. The molecule has 2 aliphatic rings. The maximum absolute atomic E-state index is 12.6. The topological polar surface area (TPSA) is 112 Å². The molecule has 2 aromatic carbocycles. The van der Waals surface area contributed by atoms with Crippen LogP contribution in [0.25, 0.3) is 0 Å². The van der Waals surface area contributed by atoms with Crippen molar-refractivity contribution in [3.63, 3.8) is 0 Å². The highest BCUT2D eigenvalue weighted by Crippen LogP contribution is 2.30. The highest BCUT2D eigenvalue weighted by Gasteiger charge is 2.50. The lowest BCUT2D eigenvalue weighted by atomic mass is 10.1. The number of ether oxygens (including phenoxy) is 4. The molecule has 4 atom stereocenters. The van der Waals surface area contributed by atoms with Gasteiger partial charge in [0.1, 0.15) is 18.0 Å². The summed E-state index contributed by atoms with van der Waals surface area (Å²) in [4.78, 5) is 12.3. The molecule has 1 amide bonds. The van der Waals surface area contributed by atoms with Crippen molar-refractivity contribution in [1.82, 2.24) is 4.72 Å². The third kappa shape index (κ3) is 4.94. The number of hydrogen-bond acceptors (Lipinski definition) is 7. The van der Waals surface area contributed by atoms with E-state index in [2.05, 4.69) is 10.0 Å². The summed E-state index contributed by atoms with van der Waals surface area (Å²) < 4.78 is 49.7. The summed E-state index contributed by atoms with van der Waals surface area (Å²) in [5.41, 5.74) is 0.544. The van der Waals surface area contributed by atoms with Crippen molar-refractivity contribution in [1.29, 1.82) is 0 Å². The Bertz CT molecular complexity index is 1030. The van der Waals surface area contributed by atoms with Gasteiger partial charge in [-0.3, -0.25) is 5.32 Å². The minimum absolute atomic E-state index is 0.0880. The van der Waals surface area contributed by atoms with Gasteiger partial charge < -0.3 is 18.9 Å². The van der Waals surface area contributed by atoms with E-state index in [0.717, 1.165) is 0 Å². The smallest absolute Gasteiger partial charge is 0.412 e. The van der Waals surface area contributed by atoms with Crippen LogP contribution < -0.4 is 14.8 Å². The van der Waals surface area contributed by atoms with E-state index in [1.807, 2.05) is 0 Å². The predicted molar refractivity (Wildman–Crippen MR) is 112 cm³/mol. The first-order chi connectivity index (χ1) is 14.9. The molecule has 2 aromatic rings. The Morgan fingerprint density at radius 3 is 2.39 bits per heavy atom. The molecule has 2 heterocycles. The molecule has 0 saturated carbocycles. The van der Waals surface area contributed by atoms with Crippen LogP contribution in [0.2, 0.25) is 5.02 Å². The molecule has 31 heavy (non-hydrogen) atoms. The lowest BCUT2D eigenvalue weighted by Gasteiger charge is -2.18. The zero-order valence-corrected chi connectivity index (χ0v) is 18.1. The number of nitrogens with one attached hydrogen (secondary N) is 2. The van der Waals surface area contributed by atoms with Gasteiger partial charge in [-0.05, 0) is 48.5 Å². The molecule has 0 aliphatic carbocycles. The molecule has 9 nitrogen and oxygen atoms in total. The van der Waals surface area contributed by atoms with Crippen LogP contribution in [0.15, 0.2) is 53.4 Å². The molecular formula is C20H21ClN2O7S. The summed E-state index contributed by atoms with van der Waals surface area (Å²) in [5.74, 6) is 0.664. The van der Waals surface area contributed by atoms with Gasteiger partial charge in [0.2, 0.25) is 10.0 Å². The minimum atomic E-state index is -3.79. The fourth-order valence-corrected chi connectivity index (χ4v) is 4.86. The Labute approximate surface area is 184 Å². The van der Waals surface area contributed by atoms with Crippen molar-refractivity contribution < 1.29 is 32.2 Å². The molecule has 0 radical (unpaired) electrons. The first-order valence-corrected chi connectivity index (χ1v) is 11.3. The van der Waals surface area contributed by atoms with Crippen LogP contribution in [0.4, 0.5) is 10.5 Å². The van der Waals surface area contributed by atoms with Crippen LogP contribution in [0.5, 0.6) is 5.75 Å². The number of methoxy groups -OCH3 is 1. The van der Waals surface area contributed by atoms with Gasteiger partial charge in [-0.2, -0.15) is 0 Å². The molecule has 11 heteroatoms. The van der Waals surface area contributed by atoms with Crippen LogP contribution in [-0.2, 0) is 24.2 Å². The van der Waals surface area contributed by atoms with Gasteiger partial charge in [-0.25, -0.2) is 17.9 Å². The number of hydrogen-bond donors (Lipinski definition) is 2. The van der Waals surface area contributed by atoms with Gasteiger partial charge >= 0.3 is 6.09 Å². The Kier molecular flexibility index (Phi) is 6.35. The normalized spacial score (nSPS) is 25.1. The summed E-state index contributed by atoms with van der Waals surface area (Å²) in [6.45, 7) is 0.201. The zero-order chi connectivity index (χ0) is 22.0.